The van der Waals surface area contributed by atoms with Crippen LogP contribution in [-0.2, 0) is 20.7 Å². The van der Waals surface area contributed by atoms with Gasteiger partial charge in [-0.2, -0.15) is 5.10 Å². The van der Waals surface area contributed by atoms with Crippen molar-refractivity contribution in [2.24, 2.45) is 0 Å². The SMILES string of the molecule is CCOC(=O)C(=O)NCCc1csc(-n2nc(C)cc2C)n1. The lowest BCUT2D eigenvalue weighted by Gasteiger charge is -2.03. The summed E-state index contributed by atoms with van der Waals surface area (Å²) < 4.78 is 6.40. The number of hydrogen-bond acceptors (Lipinski definition) is 6. The quantitative estimate of drug-likeness (QED) is 0.659. The van der Waals surface area contributed by atoms with Gasteiger partial charge in [0, 0.05) is 24.0 Å². The Labute approximate surface area is 132 Å². The lowest BCUT2D eigenvalue weighted by atomic mass is 10.3. The summed E-state index contributed by atoms with van der Waals surface area (Å²) in [4.78, 5) is 27.0. The van der Waals surface area contributed by atoms with Crippen LogP contribution in [0.4, 0.5) is 0 Å². The Balaban J connectivity index is 1.89. The van der Waals surface area contributed by atoms with Crippen LogP contribution < -0.4 is 5.32 Å². The third-order valence-electron chi connectivity index (χ3n) is 2.86. The average molecular weight is 322 g/mol. The maximum Gasteiger partial charge on any atom is 0.396 e. The predicted octanol–water partition coefficient (Wildman–Crippen LogP) is 1.17. The van der Waals surface area contributed by atoms with Crippen LogP contribution in [0.25, 0.3) is 5.13 Å². The molecule has 2 aromatic heterocycles. The number of carbonyl (C=O) groups is 2. The maximum atomic E-state index is 11.4. The van der Waals surface area contributed by atoms with Gasteiger partial charge in [-0.15, -0.1) is 11.3 Å². The van der Waals surface area contributed by atoms with E-state index in [1.165, 1.54) is 11.3 Å². The molecule has 118 valence electrons. The van der Waals surface area contributed by atoms with Gasteiger partial charge in [-0.1, -0.05) is 0 Å². The van der Waals surface area contributed by atoms with Crippen LogP contribution in [0.5, 0.6) is 0 Å². The van der Waals surface area contributed by atoms with Crippen molar-refractivity contribution in [2.75, 3.05) is 13.2 Å². The summed E-state index contributed by atoms with van der Waals surface area (Å²) in [7, 11) is 0. The normalized spacial score (nSPS) is 10.5. The Kier molecular flexibility index (Phi) is 5.26. The molecule has 8 heteroatoms. The van der Waals surface area contributed by atoms with Gasteiger partial charge in [0.05, 0.1) is 18.0 Å². The molecule has 7 nitrogen and oxygen atoms in total. The van der Waals surface area contributed by atoms with E-state index in [-0.39, 0.29) is 6.61 Å². The number of carbonyl (C=O) groups excluding carboxylic acids is 2. The van der Waals surface area contributed by atoms with Crippen molar-refractivity contribution in [3.8, 4) is 5.13 Å². The Morgan fingerprint density at radius 1 is 1.41 bits per heavy atom. The lowest BCUT2D eigenvalue weighted by Crippen LogP contribution is -2.33. The molecule has 2 heterocycles. The molecule has 22 heavy (non-hydrogen) atoms. The van der Waals surface area contributed by atoms with E-state index in [2.05, 4.69) is 20.1 Å². The van der Waals surface area contributed by atoms with E-state index >= 15 is 0 Å². The van der Waals surface area contributed by atoms with Crippen LogP contribution in [0.2, 0.25) is 0 Å². The highest BCUT2D eigenvalue weighted by molar-refractivity contribution is 7.12. The summed E-state index contributed by atoms with van der Waals surface area (Å²) in [5.74, 6) is -1.58. The summed E-state index contributed by atoms with van der Waals surface area (Å²) in [6.07, 6.45) is 0.543. The number of amides is 1. The molecule has 0 atom stereocenters. The van der Waals surface area contributed by atoms with E-state index in [1.54, 1.807) is 11.6 Å². The minimum Gasteiger partial charge on any atom is -0.459 e. The number of nitrogens with one attached hydrogen (secondary N) is 1. The first-order valence-corrected chi connectivity index (χ1v) is 7.82. The molecule has 0 saturated heterocycles. The van der Waals surface area contributed by atoms with Gasteiger partial charge < -0.3 is 10.1 Å². The number of esters is 1. The second-order valence-corrected chi connectivity index (χ2v) is 5.52. The van der Waals surface area contributed by atoms with Gasteiger partial charge in [0.15, 0.2) is 0 Å². The number of aryl methyl sites for hydroxylation is 2. The highest BCUT2D eigenvalue weighted by Gasteiger charge is 2.14. The molecule has 0 bridgehead atoms. The van der Waals surface area contributed by atoms with Gasteiger partial charge in [0.1, 0.15) is 0 Å². The van der Waals surface area contributed by atoms with Gasteiger partial charge in [0.2, 0.25) is 5.13 Å². The van der Waals surface area contributed by atoms with Crippen LogP contribution in [0, 0.1) is 13.8 Å². The predicted molar refractivity (Wildman–Crippen MR) is 82.1 cm³/mol. The van der Waals surface area contributed by atoms with Crippen LogP contribution in [0.15, 0.2) is 11.4 Å². The summed E-state index contributed by atoms with van der Waals surface area (Å²) in [6, 6.07) is 1.99. The monoisotopic (exact) mass is 322 g/mol. The third-order valence-corrected chi connectivity index (χ3v) is 3.72. The molecular weight excluding hydrogens is 304 g/mol. The molecule has 0 aliphatic rings. The summed E-state index contributed by atoms with van der Waals surface area (Å²) in [5, 5.41) is 9.60. The van der Waals surface area contributed by atoms with Crippen molar-refractivity contribution in [3.05, 3.63) is 28.5 Å². The second-order valence-electron chi connectivity index (χ2n) is 4.69. The minimum absolute atomic E-state index is 0.185. The molecule has 0 fully saturated rings. The minimum atomic E-state index is -0.857. The fraction of sp³-hybridized carbons (Fsp3) is 0.429. The fourth-order valence-corrected chi connectivity index (χ4v) is 2.77. The Morgan fingerprint density at radius 2 is 2.18 bits per heavy atom. The summed E-state index contributed by atoms with van der Waals surface area (Å²) >= 11 is 1.49. The Bertz CT molecular complexity index is 677. The maximum absolute atomic E-state index is 11.4. The number of thiazole rings is 1. The molecular formula is C14H18N4O3S. The molecule has 2 aromatic rings. The molecule has 2 rings (SSSR count). The standard InChI is InChI=1S/C14H18N4O3S/c1-4-21-13(20)12(19)15-6-5-11-8-22-14(16-11)18-10(3)7-9(2)17-18/h7-8H,4-6H2,1-3H3,(H,15,19). The number of rotatable bonds is 5. The highest BCUT2D eigenvalue weighted by atomic mass is 32.1. The van der Waals surface area contributed by atoms with E-state index in [9.17, 15) is 9.59 Å². The molecule has 0 unspecified atom stereocenters. The van der Waals surface area contributed by atoms with Gasteiger partial charge in [-0.3, -0.25) is 4.79 Å². The highest BCUT2D eigenvalue weighted by Crippen LogP contribution is 2.17. The third kappa shape index (κ3) is 3.91. The first-order chi connectivity index (χ1) is 10.5. The van der Waals surface area contributed by atoms with Gasteiger partial charge in [-0.25, -0.2) is 14.5 Å². The topological polar surface area (TPSA) is 86.1 Å². The molecule has 0 radical (unpaired) electrons. The summed E-state index contributed by atoms with van der Waals surface area (Å²) in [5.41, 5.74) is 2.81. The number of aromatic nitrogens is 3. The zero-order chi connectivity index (χ0) is 16.1. The van der Waals surface area contributed by atoms with Gasteiger partial charge in [-0.05, 0) is 26.8 Å². The molecule has 0 aromatic carbocycles. The van der Waals surface area contributed by atoms with E-state index < -0.39 is 11.9 Å². The molecule has 0 spiro atoms. The van der Waals surface area contributed by atoms with Crippen LogP contribution in [0.3, 0.4) is 0 Å². The van der Waals surface area contributed by atoms with Gasteiger partial charge in [0.25, 0.3) is 0 Å². The lowest BCUT2D eigenvalue weighted by molar-refractivity contribution is -0.154. The summed E-state index contributed by atoms with van der Waals surface area (Å²) in [6.45, 7) is 6.08. The number of ether oxygens (including phenoxy) is 1. The largest absolute Gasteiger partial charge is 0.459 e. The van der Waals surface area contributed by atoms with Crippen LogP contribution in [0.1, 0.15) is 24.0 Å². The van der Waals surface area contributed by atoms with E-state index in [0.717, 1.165) is 22.2 Å². The first-order valence-electron chi connectivity index (χ1n) is 6.94. The van der Waals surface area contributed by atoms with Crippen LogP contribution >= 0.6 is 11.3 Å². The van der Waals surface area contributed by atoms with Crippen molar-refractivity contribution < 1.29 is 14.3 Å². The first kappa shape index (κ1) is 16.2. The Morgan fingerprint density at radius 3 is 2.82 bits per heavy atom. The van der Waals surface area contributed by atoms with Crippen molar-refractivity contribution in [1.29, 1.82) is 0 Å². The van der Waals surface area contributed by atoms with Crippen molar-refractivity contribution in [2.45, 2.75) is 27.2 Å². The second kappa shape index (κ2) is 7.17. The fourth-order valence-electron chi connectivity index (χ4n) is 1.90. The van der Waals surface area contributed by atoms with Crippen molar-refractivity contribution in [1.82, 2.24) is 20.1 Å². The van der Waals surface area contributed by atoms with E-state index in [1.807, 2.05) is 25.3 Å². The average Bonchev–Trinajstić information content (AvgIpc) is 3.05. The zero-order valence-electron chi connectivity index (χ0n) is 12.8. The number of hydrogen-bond donors (Lipinski definition) is 1. The Hall–Kier alpha value is -2.22. The number of nitrogens with zero attached hydrogens (tertiary/aromatic N) is 3. The zero-order valence-corrected chi connectivity index (χ0v) is 13.6. The van der Waals surface area contributed by atoms with Crippen molar-refractivity contribution >= 4 is 23.2 Å². The molecule has 1 amide bonds. The molecule has 0 aliphatic carbocycles. The molecule has 0 saturated carbocycles. The van der Waals surface area contributed by atoms with E-state index in [0.29, 0.717) is 13.0 Å². The van der Waals surface area contributed by atoms with Crippen LogP contribution in [-0.4, -0.2) is 39.8 Å². The molecule has 0 aliphatic heterocycles. The van der Waals surface area contributed by atoms with Crippen molar-refractivity contribution in [3.63, 3.8) is 0 Å². The molecule has 1 N–H and O–H groups in total. The van der Waals surface area contributed by atoms with E-state index in [4.69, 9.17) is 0 Å². The van der Waals surface area contributed by atoms with Gasteiger partial charge >= 0.3 is 11.9 Å². The smallest absolute Gasteiger partial charge is 0.396 e.